The summed E-state index contributed by atoms with van der Waals surface area (Å²) in [4.78, 5) is 33.1. The van der Waals surface area contributed by atoms with Crippen LogP contribution in [0.25, 0.3) is 32.9 Å². The second-order valence-electron chi connectivity index (χ2n) is 14.4. The maximum absolute atomic E-state index is 16.8. The van der Waals surface area contributed by atoms with Crippen LogP contribution in [0.15, 0.2) is 42.6 Å². The molecule has 1 amide bonds. The Bertz CT molecular complexity index is 2040. The van der Waals surface area contributed by atoms with E-state index in [4.69, 9.17) is 21.3 Å². The van der Waals surface area contributed by atoms with Crippen LogP contribution in [-0.2, 0) is 4.79 Å². The zero-order valence-corrected chi connectivity index (χ0v) is 29.1. The number of ether oxygens (including phenoxy) is 1. The highest BCUT2D eigenvalue weighted by Gasteiger charge is 2.49. The molecule has 2 aromatic carbocycles. The average Bonchev–Trinajstić information content (AvgIpc) is 3.91. The number of rotatable bonds is 6. The summed E-state index contributed by atoms with van der Waals surface area (Å²) in [5.74, 6) is 5.64. The molecule has 4 saturated heterocycles. The van der Waals surface area contributed by atoms with E-state index >= 15 is 4.39 Å². The van der Waals surface area contributed by atoms with Crippen LogP contribution >= 0.6 is 11.6 Å². The molecule has 4 atom stereocenters. The molecule has 50 heavy (non-hydrogen) atoms. The van der Waals surface area contributed by atoms with Crippen LogP contribution in [-0.4, -0.2) is 100 Å². The van der Waals surface area contributed by atoms with Crippen molar-refractivity contribution >= 4 is 45.0 Å². The Hall–Kier alpha value is -4.11. The fourth-order valence-electron chi connectivity index (χ4n) is 8.37. The molecule has 2 aromatic heterocycles. The number of nitrogens with zero attached hydrogens (tertiary/aromatic N) is 6. The summed E-state index contributed by atoms with van der Waals surface area (Å²) in [6, 6.07) is 11.0. The van der Waals surface area contributed by atoms with Crippen molar-refractivity contribution in [1.82, 2.24) is 30.1 Å². The first kappa shape index (κ1) is 33.1. The van der Waals surface area contributed by atoms with E-state index in [-0.39, 0.29) is 41.3 Å². The van der Waals surface area contributed by atoms with Crippen LogP contribution < -0.4 is 15.0 Å². The minimum absolute atomic E-state index is 0.0176. The Balaban J connectivity index is 1.15. The highest BCUT2D eigenvalue weighted by molar-refractivity contribution is 6.36. The van der Waals surface area contributed by atoms with Gasteiger partial charge in [-0.25, -0.2) is 8.78 Å². The third-order valence-electron chi connectivity index (χ3n) is 11.1. The lowest BCUT2D eigenvalue weighted by Crippen LogP contribution is -2.43. The van der Waals surface area contributed by atoms with Crippen molar-refractivity contribution in [2.45, 2.75) is 68.7 Å². The number of likely N-dealkylation sites (tertiary alicyclic amines) is 1. The number of pyridine rings is 1. The maximum atomic E-state index is 16.8. The van der Waals surface area contributed by atoms with E-state index in [1.54, 1.807) is 23.2 Å². The molecule has 12 heteroatoms. The number of benzene rings is 2. The summed E-state index contributed by atoms with van der Waals surface area (Å²) in [6.07, 6.45) is 5.50. The number of anilines is 1. The smallest absolute Gasteiger partial charge is 0.319 e. The lowest BCUT2D eigenvalue weighted by atomic mass is 9.95. The van der Waals surface area contributed by atoms with Crippen LogP contribution in [0.5, 0.6) is 6.01 Å². The Labute approximate surface area is 295 Å². The highest BCUT2D eigenvalue weighted by Crippen LogP contribution is 2.41. The first-order valence-corrected chi connectivity index (χ1v) is 17.9. The number of alkyl halides is 1. The second kappa shape index (κ2) is 12.9. The third kappa shape index (κ3) is 5.91. The number of hydrogen-bond acceptors (Lipinski definition) is 8. The molecule has 0 radical (unpaired) electrons. The monoisotopic (exact) mass is 699 g/mol. The summed E-state index contributed by atoms with van der Waals surface area (Å²) >= 11 is 6.63. The predicted molar refractivity (Wildman–Crippen MR) is 191 cm³/mol. The Morgan fingerprint density at radius 2 is 2.00 bits per heavy atom. The van der Waals surface area contributed by atoms with Gasteiger partial charge in [0, 0.05) is 61.3 Å². The van der Waals surface area contributed by atoms with Crippen molar-refractivity contribution in [2.24, 2.45) is 0 Å². The van der Waals surface area contributed by atoms with Gasteiger partial charge in [-0.05, 0) is 69.5 Å². The quantitative estimate of drug-likeness (QED) is 0.254. The number of aromatic nitrogens is 3. The Morgan fingerprint density at radius 3 is 2.82 bits per heavy atom. The van der Waals surface area contributed by atoms with Crippen molar-refractivity contribution in [1.29, 1.82) is 0 Å². The maximum Gasteiger partial charge on any atom is 0.319 e. The average molecular weight is 700 g/mol. The van der Waals surface area contributed by atoms with Crippen LogP contribution in [0.3, 0.4) is 0 Å². The van der Waals surface area contributed by atoms with E-state index in [1.165, 1.54) is 0 Å². The van der Waals surface area contributed by atoms with Gasteiger partial charge in [-0.1, -0.05) is 47.9 Å². The van der Waals surface area contributed by atoms with Crippen molar-refractivity contribution < 1.29 is 18.3 Å². The number of halogens is 3. The molecule has 4 aromatic rings. The van der Waals surface area contributed by atoms with Crippen molar-refractivity contribution in [3.05, 3.63) is 53.4 Å². The zero-order chi connectivity index (χ0) is 34.6. The molecule has 0 bridgehead atoms. The summed E-state index contributed by atoms with van der Waals surface area (Å²) in [7, 11) is 1.89. The Morgan fingerprint density at radius 1 is 1.16 bits per heavy atom. The first-order chi connectivity index (χ1) is 24.1. The van der Waals surface area contributed by atoms with Gasteiger partial charge in [0.25, 0.3) is 5.91 Å². The summed E-state index contributed by atoms with van der Waals surface area (Å²) < 4.78 is 37.7. The van der Waals surface area contributed by atoms with Gasteiger partial charge in [-0.15, -0.1) is 0 Å². The fraction of sp³-hybridized carbons (Fsp3) is 0.474. The van der Waals surface area contributed by atoms with Gasteiger partial charge in [-0.3, -0.25) is 14.7 Å². The molecular weight excluding hydrogens is 660 g/mol. The minimum atomic E-state index is -0.910. The van der Waals surface area contributed by atoms with Crippen LogP contribution in [0.4, 0.5) is 14.6 Å². The number of carbonyl (C=O) groups excluding carboxylic acids is 1. The van der Waals surface area contributed by atoms with Crippen molar-refractivity contribution in [3.8, 4) is 29.1 Å². The van der Waals surface area contributed by atoms with Gasteiger partial charge >= 0.3 is 6.01 Å². The number of fused-ring (bicyclic) bond motifs is 3. The molecule has 260 valence electrons. The van der Waals surface area contributed by atoms with E-state index in [0.717, 1.165) is 44.2 Å². The third-order valence-corrected chi connectivity index (χ3v) is 11.4. The lowest BCUT2D eigenvalue weighted by molar-refractivity contribution is -0.124. The summed E-state index contributed by atoms with van der Waals surface area (Å²) in [6.45, 7) is 5.33. The Kier molecular flexibility index (Phi) is 8.53. The van der Waals surface area contributed by atoms with E-state index in [9.17, 15) is 9.18 Å². The minimum Gasteiger partial charge on any atom is -0.461 e. The normalized spacial score (nSPS) is 26.4. The molecule has 6 heterocycles. The van der Waals surface area contributed by atoms with Gasteiger partial charge in [-0.2, -0.15) is 9.97 Å². The predicted octanol–water partition coefficient (Wildman–Crippen LogP) is 5.78. The molecule has 1 N–H and O–H groups in total. The van der Waals surface area contributed by atoms with E-state index in [0.29, 0.717) is 59.7 Å². The molecule has 9 nitrogen and oxygen atoms in total. The van der Waals surface area contributed by atoms with Crippen molar-refractivity contribution in [2.75, 3.05) is 51.3 Å². The number of amides is 1. The van der Waals surface area contributed by atoms with E-state index < -0.39 is 17.5 Å². The van der Waals surface area contributed by atoms with Gasteiger partial charge in [0.05, 0.1) is 16.5 Å². The number of hydrogen-bond donors (Lipinski definition) is 1. The molecular formula is C38H40ClF2N7O2. The van der Waals surface area contributed by atoms with Gasteiger partial charge in [0.2, 0.25) is 0 Å². The molecule has 4 aliphatic rings. The van der Waals surface area contributed by atoms with Crippen molar-refractivity contribution in [3.63, 3.8) is 0 Å². The largest absolute Gasteiger partial charge is 0.461 e. The van der Waals surface area contributed by atoms with Gasteiger partial charge in [0.1, 0.15) is 29.8 Å². The molecule has 8 rings (SSSR count). The molecule has 4 aliphatic heterocycles. The summed E-state index contributed by atoms with van der Waals surface area (Å²) in [5, 5.41) is 5.86. The fourth-order valence-corrected chi connectivity index (χ4v) is 8.65. The molecule has 0 saturated carbocycles. The van der Waals surface area contributed by atoms with Gasteiger partial charge in [0.15, 0.2) is 5.82 Å². The first-order valence-electron chi connectivity index (χ1n) is 17.5. The van der Waals surface area contributed by atoms with E-state index in [2.05, 4.69) is 32.0 Å². The number of carbonyl (C=O) groups is 1. The lowest BCUT2D eigenvalue weighted by Gasteiger charge is -2.31. The molecule has 4 fully saturated rings. The van der Waals surface area contributed by atoms with Crippen LogP contribution in [0, 0.1) is 17.7 Å². The SMILES string of the molecule is CN(c1nc(OC[C@@]23CCCN2C[C@H](F)C3)nc2c(F)c(-c3cccc4cccc(Cl)c34)ncc12)[C@@H]1CCN(C(=O)C#C[C@@]2(C)CCCN2)C1. The highest BCUT2D eigenvalue weighted by atomic mass is 35.5. The van der Waals surface area contributed by atoms with Crippen LogP contribution in [0.2, 0.25) is 5.02 Å². The summed E-state index contributed by atoms with van der Waals surface area (Å²) in [5.41, 5.74) is -0.0301. The number of likely N-dealkylation sites (N-methyl/N-ethyl adjacent to an activating group) is 1. The molecule has 0 aliphatic carbocycles. The standard InChI is InChI=1S/C38H40ClF2N7O2/c1-37(13-5-16-43-37)15-11-30(49)47-18-12-26(22-47)46(2)35-28-20-42-33(27-9-3-7-24-8-4-10-29(39)31(24)27)32(41)34(28)44-36(45-35)50-23-38-14-6-17-48(38)21-25(40)19-38/h3-4,7-10,20,25-26,43H,5-6,12-14,16-19,21-23H2,1-2H3/t25-,26-,37-,38+/m1/s1. The number of nitrogens with one attached hydrogen (secondary N) is 1. The van der Waals surface area contributed by atoms with E-state index in [1.807, 2.05) is 43.1 Å². The second-order valence-corrected chi connectivity index (χ2v) is 14.8. The zero-order valence-electron chi connectivity index (χ0n) is 28.3. The topological polar surface area (TPSA) is 86.7 Å². The molecule has 0 spiro atoms. The van der Waals surface area contributed by atoms with Gasteiger partial charge < -0.3 is 19.9 Å². The molecule has 0 unspecified atom stereocenters. The van der Waals surface area contributed by atoms with Crippen LogP contribution in [0.1, 0.15) is 45.4 Å².